The molecule has 0 aromatic heterocycles. The third-order valence-electron chi connectivity index (χ3n) is 3.48. The Kier molecular flexibility index (Phi) is 3.64. The Labute approximate surface area is 101 Å². The molecule has 2 N–H and O–H groups in total. The van der Waals surface area contributed by atoms with E-state index < -0.39 is 0 Å². The Hall–Kier alpha value is -1.13. The summed E-state index contributed by atoms with van der Waals surface area (Å²) in [6.07, 6.45) is 0. The zero-order chi connectivity index (χ0) is 12.4. The molecule has 0 amide bonds. The van der Waals surface area contributed by atoms with Crippen molar-refractivity contribution < 1.29 is 9.50 Å². The van der Waals surface area contributed by atoms with Crippen LogP contribution in [0.4, 0.5) is 4.39 Å². The SMILES string of the molecule is Cc1ccc(F)c([C@H](C)N2CCNCC2)c1O. The maximum Gasteiger partial charge on any atom is 0.131 e. The summed E-state index contributed by atoms with van der Waals surface area (Å²) < 4.78 is 13.8. The highest BCUT2D eigenvalue weighted by Gasteiger charge is 2.24. The number of phenolic OH excluding ortho intramolecular Hbond substituents is 1. The molecule has 4 heteroatoms. The predicted molar refractivity (Wildman–Crippen MR) is 65.7 cm³/mol. The first-order valence-electron chi connectivity index (χ1n) is 6.04. The first kappa shape index (κ1) is 12.3. The van der Waals surface area contributed by atoms with Crippen LogP contribution in [0.1, 0.15) is 24.1 Å². The third kappa shape index (κ3) is 2.42. The molecule has 1 aliphatic rings. The fourth-order valence-electron chi connectivity index (χ4n) is 2.34. The first-order valence-corrected chi connectivity index (χ1v) is 6.04. The van der Waals surface area contributed by atoms with Crippen LogP contribution in [0.15, 0.2) is 12.1 Å². The highest BCUT2D eigenvalue weighted by atomic mass is 19.1. The average Bonchev–Trinajstić information content (AvgIpc) is 2.35. The van der Waals surface area contributed by atoms with Gasteiger partial charge in [-0.2, -0.15) is 0 Å². The Morgan fingerprint density at radius 1 is 1.35 bits per heavy atom. The zero-order valence-corrected chi connectivity index (χ0v) is 10.3. The van der Waals surface area contributed by atoms with Crippen molar-refractivity contribution in [1.82, 2.24) is 10.2 Å². The summed E-state index contributed by atoms with van der Waals surface area (Å²) in [4.78, 5) is 2.19. The second kappa shape index (κ2) is 5.02. The van der Waals surface area contributed by atoms with Crippen LogP contribution in [-0.2, 0) is 0 Å². The van der Waals surface area contributed by atoms with Crippen molar-refractivity contribution in [1.29, 1.82) is 0 Å². The summed E-state index contributed by atoms with van der Waals surface area (Å²) in [5.41, 5.74) is 1.15. The number of hydrogen-bond donors (Lipinski definition) is 2. The van der Waals surface area contributed by atoms with Gasteiger partial charge in [-0.25, -0.2) is 4.39 Å². The van der Waals surface area contributed by atoms with Crippen molar-refractivity contribution in [3.63, 3.8) is 0 Å². The number of aryl methyl sites for hydroxylation is 1. The topological polar surface area (TPSA) is 35.5 Å². The molecule has 1 atom stereocenters. The highest BCUT2D eigenvalue weighted by molar-refractivity contribution is 5.42. The minimum absolute atomic E-state index is 0.0861. The Morgan fingerprint density at radius 2 is 2.00 bits per heavy atom. The molecule has 1 aromatic carbocycles. The zero-order valence-electron chi connectivity index (χ0n) is 10.3. The normalized spacial score (nSPS) is 19.2. The van der Waals surface area contributed by atoms with E-state index in [1.54, 1.807) is 13.0 Å². The molecule has 1 fully saturated rings. The molecule has 0 saturated carbocycles. The van der Waals surface area contributed by atoms with E-state index >= 15 is 0 Å². The van der Waals surface area contributed by atoms with Crippen LogP contribution in [0, 0.1) is 12.7 Å². The highest BCUT2D eigenvalue weighted by Crippen LogP contribution is 2.33. The summed E-state index contributed by atoms with van der Waals surface area (Å²) in [5, 5.41) is 13.3. The molecule has 3 nitrogen and oxygen atoms in total. The van der Waals surface area contributed by atoms with Gasteiger partial charge in [-0.1, -0.05) is 6.07 Å². The van der Waals surface area contributed by atoms with Crippen LogP contribution in [0.2, 0.25) is 0 Å². The number of halogens is 1. The van der Waals surface area contributed by atoms with Gasteiger partial charge in [0.2, 0.25) is 0 Å². The molecule has 0 aliphatic carbocycles. The average molecular weight is 238 g/mol. The molecule has 1 heterocycles. The Balaban J connectivity index is 2.29. The minimum atomic E-state index is -0.320. The number of phenols is 1. The van der Waals surface area contributed by atoms with Gasteiger partial charge in [0.25, 0.3) is 0 Å². The molecule has 17 heavy (non-hydrogen) atoms. The second-order valence-corrected chi connectivity index (χ2v) is 4.59. The number of piperazine rings is 1. The monoisotopic (exact) mass is 238 g/mol. The maximum atomic E-state index is 13.8. The smallest absolute Gasteiger partial charge is 0.131 e. The lowest BCUT2D eigenvalue weighted by Crippen LogP contribution is -2.44. The van der Waals surface area contributed by atoms with E-state index in [-0.39, 0.29) is 17.6 Å². The van der Waals surface area contributed by atoms with Gasteiger partial charge in [0.05, 0.1) is 0 Å². The van der Waals surface area contributed by atoms with Gasteiger partial charge in [0.15, 0.2) is 0 Å². The van der Waals surface area contributed by atoms with Crippen LogP contribution in [-0.4, -0.2) is 36.2 Å². The van der Waals surface area contributed by atoms with E-state index in [2.05, 4.69) is 10.2 Å². The lowest BCUT2D eigenvalue weighted by atomic mass is 10.0. The van der Waals surface area contributed by atoms with Crippen LogP contribution < -0.4 is 5.32 Å². The molecule has 1 aliphatic heterocycles. The molecular formula is C13H19FN2O. The van der Waals surface area contributed by atoms with E-state index in [0.29, 0.717) is 5.56 Å². The summed E-state index contributed by atoms with van der Waals surface area (Å²) in [6.45, 7) is 7.34. The molecule has 2 rings (SSSR count). The van der Waals surface area contributed by atoms with Crippen LogP contribution in [0.3, 0.4) is 0 Å². The molecular weight excluding hydrogens is 219 g/mol. The lowest BCUT2D eigenvalue weighted by Gasteiger charge is -2.33. The van der Waals surface area contributed by atoms with E-state index in [1.165, 1.54) is 6.07 Å². The number of aromatic hydroxyl groups is 1. The van der Waals surface area contributed by atoms with Gasteiger partial charge in [-0.3, -0.25) is 4.90 Å². The number of hydrogen-bond acceptors (Lipinski definition) is 3. The molecule has 94 valence electrons. The molecule has 1 saturated heterocycles. The van der Waals surface area contributed by atoms with Gasteiger partial charge in [0.1, 0.15) is 11.6 Å². The van der Waals surface area contributed by atoms with Crippen molar-refractivity contribution in [3.8, 4) is 5.75 Å². The summed E-state index contributed by atoms with van der Waals surface area (Å²) in [6, 6.07) is 2.96. The van der Waals surface area contributed by atoms with Crippen molar-refractivity contribution in [2.45, 2.75) is 19.9 Å². The Bertz CT molecular complexity index is 403. The van der Waals surface area contributed by atoms with Crippen molar-refractivity contribution in [3.05, 3.63) is 29.1 Å². The number of rotatable bonds is 2. The summed E-state index contributed by atoms with van der Waals surface area (Å²) in [5.74, 6) is -0.227. The van der Waals surface area contributed by atoms with Crippen molar-refractivity contribution >= 4 is 0 Å². The van der Waals surface area contributed by atoms with Gasteiger partial charge < -0.3 is 10.4 Å². The largest absolute Gasteiger partial charge is 0.507 e. The number of benzene rings is 1. The molecule has 0 spiro atoms. The third-order valence-corrected chi connectivity index (χ3v) is 3.48. The van der Waals surface area contributed by atoms with Crippen LogP contribution >= 0.6 is 0 Å². The fourth-order valence-corrected chi connectivity index (χ4v) is 2.34. The standard InChI is InChI=1S/C13H19FN2O/c1-9-3-4-11(14)12(13(9)17)10(2)16-7-5-15-6-8-16/h3-4,10,15,17H,5-8H2,1-2H3/t10-/m0/s1. The Morgan fingerprint density at radius 3 is 2.65 bits per heavy atom. The lowest BCUT2D eigenvalue weighted by molar-refractivity contribution is 0.179. The fraction of sp³-hybridized carbons (Fsp3) is 0.538. The second-order valence-electron chi connectivity index (χ2n) is 4.59. The van der Waals surface area contributed by atoms with E-state index in [1.807, 2.05) is 6.92 Å². The van der Waals surface area contributed by atoms with Crippen LogP contribution in [0.25, 0.3) is 0 Å². The van der Waals surface area contributed by atoms with Gasteiger partial charge in [-0.15, -0.1) is 0 Å². The van der Waals surface area contributed by atoms with Crippen molar-refractivity contribution in [2.24, 2.45) is 0 Å². The first-order chi connectivity index (χ1) is 8.11. The van der Waals surface area contributed by atoms with E-state index in [0.717, 1.165) is 31.7 Å². The number of nitrogens with one attached hydrogen (secondary N) is 1. The van der Waals surface area contributed by atoms with E-state index in [9.17, 15) is 9.50 Å². The molecule has 0 bridgehead atoms. The van der Waals surface area contributed by atoms with Gasteiger partial charge in [-0.05, 0) is 25.5 Å². The summed E-state index contributed by atoms with van der Waals surface area (Å²) in [7, 11) is 0. The van der Waals surface area contributed by atoms with E-state index in [4.69, 9.17) is 0 Å². The summed E-state index contributed by atoms with van der Waals surface area (Å²) >= 11 is 0. The quantitative estimate of drug-likeness (QED) is 0.824. The minimum Gasteiger partial charge on any atom is -0.507 e. The van der Waals surface area contributed by atoms with Gasteiger partial charge in [0, 0.05) is 37.8 Å². The predicted octanol–water partition coefficient (Wildman–Crippen LogP) is 1.81. The van der Waals surface area contributed by atoms with Crippen molar-refractivity contribution in [2.75, 3.05) is 26.2 Å². The molecule has 0 radical (unpaired) electrons. The maximum absolute atomic E-state index is 13.8. The van der Waals surface area contributed by atoms with Crippen LogP contribution in [0.5, 0.6) is 5.75 Å². The van der Waals surface area contributed by atoms with Gasteiger partial charge >= 0.3 is 0 Å². The molecule has 1 aromatic rings. The number of nitrogens with zero attached hydrogens (tertiary/aromatic N) is 1. The molecule has 0 unspecified atom stereocenters.